The number of furan rings is 1. The number of thioether (sulfide) groups is 1. The molecular weight excluding hydrogens is 452 g/mol. The fraction of sp³-hybridized carbons (Fsp3) is 0.208. The highest BCUT2D eigenvalue weighted by Gasteiger charge is 2.35. The van der Waals surface area contributed by atoms with Gasteiger partial charge < -0.3 is 9.15 Å². The van der Waals surface area contributed by atoms with Crippen LogP contribution in [0.3, 0.4) is 0 Å². The number of tetrazole rings is 1. The molecule has 1 unspecified atom stereocenters. The lowest BCUT2D eigenvalue weighted by molar-refractivity contribution is -0.130. The van der Waals surface area contributed by atoms with E-state index in [1.54, 1.807) is 18.1 Å². The van der Waals surface area contributed by atoms with Gasteiger partial charge in [-0.05, 0) is 47.2 Å². The Labute approximate surface area is 200 Å². The number of aromatic nitrogens is 4. The molecule has 0 aliphatic carbocycles. The molecule has 5 rings (SSSR count). The van der Waals surface area contributed by atoms with E-state index in [0.29, 0.717) is 28.8 Å². The van der Waals surface area contributed by atoms with Crippen molar-refractivity contribution in [1.29, 1.82) is 0 Å². The number of nitrogens with zero attached hydrogens (tertiary/aromatic N) is 6. The molecule has 0 spiro atoms. The number of hydrogen-bond donors (Lipinski definition) is 0. The second-order valence-corrected chi connectivity index (χ2v) is 8.66. The van der Waals surface area contributed by atoms with Gasteiger partial charge >= 0.3 is 0 Å². The average Bonchev–Trinajstić information content (AvgIpc) is 3.63. The smallest absolute Gasteiger partial charge is 0.253 e. The predicted octanol–water partition coefficient (Wildman–Crippen LogP) is 4.04. The normalized spacial score (nSPS) is 15.4. The summed E-state index contributed by atoms with van der Waals surface area (Å²) in [6, 6.07) is 18.9. The van der Waals surface area contributed by atoms with E-state index >= 15 is 0 Å². The Kier molecular flexibility index (Phi) is 6.13. The van der Waals surface area contributed by atoms with Crippen LogP contribution >= 0.6 is 11.8 Å². The van der Waals surface area contributed by atoms with Gasteiger partial charge in [-0.1, -0.05) is 53.7 Å². The van der Waals surface area contributed by atoms with Gasteiger partial charge in [0, 0.05) is 6.42 Å². The van der Waals surface area contributed by atoms with Crippen LogP contribution in [-0.4, -0.2) is 49.7 Å². The van der Waals surface area contributed by atoms with Gasteiger partial charge in [0.15, 0.2) is 0 Å². The van der Waals surface area contributed by atoms with Crippen LogP contribution in [0.5, 0.6) is 5.75 Å². The van der Waals surface area contributed by atoms with Crippen molar-refractivity contribution in [2.24, 2.45) is 5.10 Å². The van der Waals surface area contributed by atoms with Crippen molar-refractivity contribution in [2.75, 3.05) is 12.9 Å². The van der Waals surface area contributed by atoms with E-state index < -0.39 is 0 Å². The number of hydrazone groups is 1. The van der Waals surface area contributed by atoms with Crippen LogP contribution < -0.4 is 4.74 Å². The van der Waals surface area contributed by atoms with Gasteiger partial charge in [-0.2, -0.15) is 9.78 Å². The molecule has 172 valence electrons. The Morgan fingerprint density at radius 1 is 1.15 bits per heavy atom. The molecule has 0 saturated heterocycles. The van der Waals surface area contributed by atoms with Crippen LogP contribution in [0.15, 0.2) is 81.6 Å². The summed E-state index contributed by atoms with van der Waals surface area (Å²) in [5.41, 5.74) is 3.70. The molecule has 2 aromatic heterocycles. The molecule has 2 aromatic carbocycles. The van der Waals surface area contributed by atoms with Crippen molar-refractivity contribution in [3.8, 4) is 11.4 Å². The molecule has 1 aliphatic rings. The molecular formula is C24H22N6O3S. The van der Waals surface area contributed by atoms with Crippen molar-refractivity contribution in [2.45, 2.75) is 24.5 Å². The number of rotatable bonds is 7. The van der Waals surface area contributed by atoms with Crippen molar-refractivity contribution in [3.05, 3.63) is 83.8 Å². The van der Waals surface area contributed by atoms with Gasteiger partial charge in [0.25, 0.3) is 5.91 Å². The van der Waals surface area contributed by atoms with Gasteiger partial charge in [-0.3, -0.25) is 4.79 Å². The van der Waals surface area contributed by atoms with E-state index in [4.69, 9.17) is 9.15 Å². The van der Waals surface area contributed by atoms with Crippen LogP contribution in [0.25, 0.3) is 5.69 Å². The zero-order valence-electron chi connectivity index (χ0n) is 18.7. The molecule has 0 saturated carbocycles. The number of methoxy groups -OCH3 is 1. The van der Waals surface area contributed by atoms with Crippen molar-refractivity contribution in [3.63, 3.8) is 0 Å². The summed E-state index contributed by atoms with van der Waals surface area (Å²) in [5.74, 6) is 1.27. The number of ether oxygens (including phenoxy) is 1. The summed E-state index contributed by atoms with van der Waals surface area (Å²) in [6.45, 7) is 2.04. The molecule has 0 fully saturated rings. The van der Waals surface area contributed by atoms with E-state index in [2.05, 4.69) is 20.6 Å². The second-order valence-electron chi connectivity index (χ2n) is 7.72. The van der Waals surface area contributed by atoms with Crippen molar-refractivity contribution >= 4 is 23.4 Å². The maximum Gasteiger partial charge on any atom is 0.253 e. The molecule has 9 nitrogen and oxygen atoms in total. The number of para-hydroxylation sites is 2. The van der Waals surface area contributed by atoms with E-state index in [-0.39, 0.29) is 17.7 Å². The molecule has 0 radical (unpaired) electrons. The monoisotopic (exact) mass is 474 g/mol. The predicted molar refractivity (Wildman–Crippen MR) is 127 cm³/mol. The Bertz CT molecular complexity index is 1320. The minimum Gasteiger partial charge on any atom is -0.494 e. The lowest BCUT2D eigenvalue weighted by atomic mass is 10.0. The molecule has 0 N–H and O–H groups in total. The summed E-state index contributed by atoms with van der Waals surface area (Å²) in [4.78, 5) is 13.3. The van der Waals surface area contributed by atoms with Crippen LogP contribution in [-0.2, 0) is 4.79 Å². The molecule has 1 atom stereocenters. The number of carbonyl (C=O) groups excluding carboxylic acids is 1. The maximum atomic E-state index is 13.3. The van der Waals surface area contributed by atoms with Gasteiger partial charge in [0.2, 0.25) is 5.16 Å². The summed E-state index contributed by atoms with van der Waals surface area (Å²) >= 11 is 1.24. The highest BCUT2D eigenvalue weighted by molar-refractivity contribution is 7.99. The highest BCUT2D eigenvalue weighted by Crippen LogP contribution is 2.34. The first kappa shape index (κ1) is 21.9. The lowest BCUT2D eigenvalue weighted by Crippen LogP contribution is -2.28. The van der Waals surface area contributed by atoms with E-state index in [1.807, 2.05) is 67.6 Å². The second kappa shape index (κ2) is 9.52. The minimum absolute atomic E-state index is 0.109. The topological polar surface area (TPSA) is 98.6 Å². The number of carbonyl (C=O) groups is 1. The Balaban J connectivity index is 1.37. The summed E-state index contributed by atoms with van der Waals surface area (Å²) in [5, 5.41) is 18.6. The van der Waals surface area contributed by atoms with Gasteiger partial charge in [-0.25, -0.2) is 5.01 Å². The molecule has 34 heavy (non-hydrogen) atoms. The lowest BCUT2D eigenvalue weighted by Gasteiger charge is -2.19. The van der Waals surface area contributed by atoms with Gasteiger partial charge in [0.05, 0.1) is 24.8 Å². The van der Waals surface area contributed by atoms with Gasteiger partial charge in [0.1, 0.15) is 23.2 Å². The Hall–Kier alpha value is -3.92. The summed E-state index contributed by atoms with van der Waals surface area (Å²) in [7, 11) is 1.59. The minimum atomic E-state index is -0.301. The zero-order valence-corrected chi connectivity index (χ0v) is 19.5. The number of aryl methyl sites for hydroxylation is 1. The van der Waals surface area contributed by atoms with E-state index in [0.717, 1.165) is 11.3 Å². The van der Waals surface area contributed by atoms with E-state index in [9.17, 15) is 4.79 Å². The summed E-state index contributed by atoms with van der Waals surface area (Å²) in [6.07, 6.45) is 2.18. The standard InChI is InChI=1S/C24H22N6O3S/c1-16-9-11-17(12-10-16)18-14-20(22-8-5-13-33-22)29(26-18)23(31)15-34-24-25-27-28-30(24)19-6-3-4-7-21(19)32-2/h3-13,20H,14-15H2,1-2H3. The first-order valence-corrected chi connectivity index (χ1v) is 11.7. The molecule has 10 heteroatoms. The fourth-order valence-electron chi connectivity index (χ4n) is 3.78. The first-order chi connectivity index (χ1) is 16.6. The number of benzene rings is 2. The molecule has 1 amide bonds. The van der Waals surface area contributed by atoms with Crippen molar-refractivity contribution in [1.82, 2.24) is 25.2 Å². The SMILES string of the molecule is COc1ccccc1-n1nnnc1SCC(=O)N1N=C(c2ccc(C)cc2)CC1c1ccco1. The third-order valence-electron chi connectivity index (χ3n) is 5.50. The molecule has 3 heterocycles. The molecule has 0 bridgehead atoms. The third kappa shape index (κ3) is 4.32. The van der Waals surface area contributed by atoms with Crippen LogP contribution in [0, 0.1) is 6.92 Å². The number of amides is 1. The Morgan fingerprint density at radius 2 is 1.97 bits per heavy atom. The molecule has 4 aromatic rings. The zero-order chi connectivity index (χ0) is 23.5. The van der Waals surface area contributed by atoms with Gasteiger partial charge in [-0.15, -0.1) is 5.10 Å². The molecule has 1 aliphatic heterocycles. The van der Waals surface area contributed by atoms with Crippen LogP contribution in [0.2, 0.25) is 0 Å². The largest absolute Gasteiger partial charge is 0.494 e. The van der Waals surface area contributed by atoms with Crippen molar-refractivity contribution < 1.29 is 13.9 Å². The highest BCUT2D eigenvalue weighted by atomic mass is 32.2. The van der Waals surface area contributed by atoms with E-state index in [1.165, 1.54) is 22.3 Å². The summed E-state index contributed by atoms with van der Waals surface area (Å²) < 4.78 is 12.6. The quantitative estimate of drug-likeness (QED) is 0.373. The fourth-order valence-corrected chi connectivity index (χ4v) is 4.52. The number of hydrogen-bond acceptors (Lipinski definition) is 8. The van der Waals surface area contributed by atoms with Crippen LogP contribution in [0.4, 0.5) is 0 Å². The third-order valence-corrected chi connectivity index (χ3v) is 6.41. The first-order valence-electron chi connectivity index (χ1n) is 10.7. The van der Waals surface area contributed by atoms with Crippen LogP contribution in [0.1, 0.15) is 29.3 Å². The maximum absolute atomic E-state index is 13.3. The average molecular weight is 475 g/mol. The Morgan fingerprint density at radius 3 is 2.74 bits per heavy atom.